The van der Waals surface area contributed by atoms with E-state index in [9.17, 15) is 4.79 Å². The molecule has 4 heteroatoms. The summed E-state index contributed by atoms with van der Waals surface area (Å²) >= 11 is 0. The van der Waals surface area contributed by atoms with Gasteiger partial charge in [-0.3, -0.25) is 5.43 Å². The van der Waals surface area contributed by atoms with E-state index in [0.717, 1.165) is 19.3 Å². The van der Waals surface area contributed by atoms with Crippen LogP contribution in [0, 0.1) is 0 Å². The summed E-state index contributed by atoms with van der Waals surface area (Å²) in [6, 6.07) is 0. The summed E-state index contributed by atoms with van der Waals surface area (Å²) in [6.45, 7) is 0. The van der Waals surface area contributed by atoms with Crippen molar-refractivity contribution in [1.29, 1.82) is 0 Å². The molecule has 4 nitrogen and oxygen atoms in total. The van der Waals surface area contributed by atoms with Crippen molar-refractivity contribution in [2.24, 2.45) is 5.84 Å². The molecule has 0 unspecified atom stereocenters. The molecule has 0 heterocycles. The van der Waals surface area contributed by atoms with E-state index in [1.165, 1.54) is 0 Å². The normalized spacial score (nSPS) is 18.3. The van der Waals surface area contributed by atoms with Crippen molar-refractivity contribution < 1.29 is 9.53 Å². The highest BCUT2D eigenvalue weighted by Gasteiger charge is 2.20. The summed E-state index contributed by atoms with van der Waals surface area (Å²) in [7, 11) is 0. The molecule has 1 fully saturated rings. The third-order valence-electron chi connectivity index (χ3n) is 1.44. The van der Waals surface area contributed by atoms with E-state index < -0.39 is 6.09 Å². The van der Waals surface area contributed by atoms with Crippen LogP contribution in [0.4, 0.5) is 4.79 Å². The SMILES string of the molecule is NNC(=O)OC1CCC1. The van der Waals surface area contributed by atoms with Crippen LogP contribution in [0.2, 0.25) is 0 Å². The Kier molecular flexibility index (Phi) is 1.89. The third-order valence-corrected chi connectivity index (χ3v) is 1.44. The smallest absolute Gasteiger partial charge is 0.421 e. The molecule has 0 spiro atoms. The summed E-state index contributed by atoms with van der Waals surface area (Å²) < 4.78 is 4.76. The molecule has 0 bridgehead atoms. The zero-order valence-corrected chi connectivity index (χ0v) is 5.09. The van der Waals surface area contributed by atoms with Crippen LogP contribution in [0.5, 0.6) is 0 Å². The first-order valence-corrected chi connectivity index (χ1v) is 3.00. The fraction of sp³-hybridized carbons (Fsp3) is 0.800. The highest BCUT2D eigenvalue weighted by atomic mass is 16.6. The number of nitrogens with one attached hydrogen (secondary N) is 1. The van der Waals surface area contributed by atoms with E-state index in [1.807, 2.05) is 5.43 Å². The van der Waals surface area contributed by atoms with Crippen molar-refractivity contribution in [2.45, 2.75) is 25.4 Å². The van der Waals surface area contributed by atoms with Gasteiger partial charge in [0.15, 0.2) is 0 Å². The van der Waals surface area contributed by atoms with E-state index in [0.29, 0.717) is 0 Å². The number of amides is 1. The highest BCUT2D eigenvalue weighted by molar-refractivity contribution is 5.66. The Morgan fingerprint density at radius 3 is 2.67 bits per heavy atom. The second kappa shape index (κ2) is 2.68. The number of carbonyl (C=O) groups excluding carboxylic acids is 1. The van der Waals surface area contributed by atoms with Gasteiger partial charge in [0, 0.05) is 0 Å². The number of hydrazine groups is 1. The molecule has 1 amide bonds. The predicted molar refractivity (Wildman–Crippen MR) is 31.4 cm³/mol. The number of hydrogen-bond donors (Lipinski definition) is 2. The van der Waals surface area contributed by atoms with Crippen LogP contribution in [-0.4, -0.2) is 12.2 Å². The largest absolute Gasteiger partial charge is 0.445 e. The average Bonchev–Trinajstić information content (AvgIpc) is 1.78. The molecule has 1 rings (SSSR count). The Hall–Kier alpha value is -0.770. The zero-order chi connectivity index (χ0) is 6.69. The lowest BCUT2D eigenvalue weighted by Gasteiger charge is -2.24. The van der Waals surface area contributed by atoms with Gasteiger partial charge < -0.3 is 4.74 Å². The minimum absolute atomic E-state index is 0.119. The molecule has 9 heavy (non-hydrogen) atoms. The second-order valence-electron chi connectivity index (χ2n) is 2.10. The maximum absolute atomic E-state index is 10.4. The molecule has 0 radical (unpaired) electrons. The third kappa shape index (κ3) is 1.57. The summed E-state index contributed by atoms with van der Waals surface area (Å²) in [6.07, 6.45) is 2.71. The Morgan fingerprint density at radius 2 is 2.33 bits per heavy atom. The van der Waals surface area contributed by atoms with Gasteiger partial charge in [0.05, 0.1) is 0 Å². The maximum atomic E-state index is 10.4. The summed E-state index contributed by atoms with van der Waals surface area (Å²) in [5, 5.41) is 0. The molecule has 1 aliphatic carbocycles. The average molecular weight is 130 g/mol. The first-order chi connectivity index (χ1) is 4.33. The van der Waals surface area contributed by atoms with Crippen LogP contribution in [0.15, 0.2) is 0 Å². The monoisotopic (exact) mass is 130 g/mol. The lowest BCUT2D eigenvalue weighted by atomic mass is 9.96. The van der Waals surface area contributed by atoms with Crippen molar-refractivity contribution in [1.82, 2.24) is 5.43 Å². The topological polar surface area (TPSA) is 64.3 Å². The molecule has 1 saturated carbocycles. The van der Waals surface area contributed by atoms with E-state index in [4.69, 9.17) is 10.6 Å². The van der Waals surface area contributed by atoms with Gasteiger partial charge in [-0.25, -0.2) is 10.6 Å². The molecule has 0 aromatic carbocycles. The minimum Gasteiger partial charge on any atom is -0.445 e. The number of carbonyl (C=O) groups is 1. The molecule has 3 N–H and O–H groups in total. The van der Waals surface area contributed by atoms with E-state index in [2.05, 4.69) is 0 Å². The standard InChI is InChI=1S/C5H10N2O2/c6-7-5(8)9-4-2-1-3-4/h4H,1-3,6H2,(H,7,8). The van der Waals surface area contributed by atoms with Crippen LogP contribution in [0.25, 0.3) is 0 Å². The maximum Gasteiger partial charge on any atom is 0.421 e. The van der Waals surface area contributed by atoms with E-state index in [-0.39, 0.29) is 6.10 Å². The van der Waals surface area contributed by atoms with Crippen molar-refractivity contribution in [3.8, 4) is 0 Å². The molecular weight excluding hydrogens is 120 g/mol. The fourth-order valence-corrected chi connectivity index (χ4v) is 0.674. The lowest BCUT2D eigenvalue weighted by Crippen LogP contribution is -2.36. The van der Waals surface area contributed by atoms with E-state index in [1.54, 1.807) is 0 Å². The van der Waals surface area contributed by atoms with Gasteiger partial charge in [-0.1, -0.05) is 0 Å². The molecule has 0 saturated heterocycles. The molecule has 0 aromatic rings. The second-order valence-corrected chi connectivity index (χ2v) is 2.10. The van der Waals surface area contributed by atoms with Gasteiger partial charge in [0.2, 0.25) is 0 Å². The number of hydrogen-bond acceptors (Lipinski definition) is 3. The minimum atomic E-state index is -0.528. The van der Waals surface area contributed by atoms with Gasteiger partial charge >= 0.3 is 6.09 Å². The quantitative estimate of drug-likeness (QED) is 0.301. The Labute approximate surface area is 53.3 Å². The van der Waals surface area contributed by atoms with Gasteiger partial charge in [0.1, 0.15) is 6.10 Å². The number of ether oxygens (including phenoxy) is 1. The number of rotatable bonds is 1. The first kappa shape index (κ1) is 6.35. The van der Waals surface area contributed by atoms with Crippen molar-refractivity contribution in [3.05, 3.63) is 0 Å². The summed E-state index contributed by atoms with van der Waals surface area (Å²) in [5.74, 6) is 4.77. The van der Waals surface area contributed by atoms with Crippen molar-refractivity contribution in [2.75, 3.05) is 0 Å². The molecule has 0 aliphatic heterocycles. The van der Waals surface area contributed by atoms with Gasteiger partial charge in [-0.15, -0.1) is 0 Å². The summed E-state index contributed by atoms with van der Waals surface area (Å²) in [4.78, 5) is 10.4. The fourth-order valence-electron chi connectivity index (χ4n) is 0.674. The van der Waals surface area contributed by atoms with Crippen LogP contribution in [0.1, 0.15) is 19.3 Å². The predicted octanol–water partition coefficient (Wildman–Crippen LogP) is 0.139. The van der Waals surface area contributed by atoms with Crippen molar-refractivity contribution in [3.63, 3.8) is 0 Å². The molecule has 0 atom stereocenters. The van der Waals surface area contributed by atoms with Crippen LogP contribution in [0.3, 0.4) is 0 Å². The molecular formula is C5H10N2O2. The molecule has 1 aliphatic rings. The summed E-state index contributed by atoms with van der Waals surface area (Å²) in [5.41, 5.74) is 1.90. The van der Waals surface area contributed by atoms with Crippen LogP contribution < -0.4 is 11.3 Å². The molecule has 0 aromatic heterocycles. The zero-order valence-electron chi connectivity index (χ0n) is 5.09. The first-order valence-electron chi connectivity index (χ1n) is 3.00. The Balaban J connectivity index is 2.09. The van der Waals surface area contributed by atoms with Gasteiger partial charge in [0.25, 0.3) is 0 Å². The Bertz CT molecular complexity index is 112. The Morgan fingerprint density at radius 1 is 1.67 bits per heavy atom. The highest BCUT2D eigenvalue weighted by Crippen LogP contribution is 2.21. The van der Waals surface area contributed by atoms with Crippen LogP contribution >= 0.6 is 0 Å². The van der Waals surface area contributed by atoms with Crippen molar-refractivity contribution >= 4 is 6.09 Å². The van der Waals surface area contributed by atoms with Crippen LogP contribution in [-0.2, 0) is 4.74 Å². The lowest BCUT2D eigenvalue weighted by molar-refractivity contribution is 0.0525. The molecule has 52 valence electrons. The van der Waals surface area contributed by atoms with Gasteiger partial charge in [-0.2, -0.15) is 0 Å². The van der Waals surface area contributed by atoms with E-state index >= 15 is 0 Å². The van der Waals surface area contributed by atoms with Gasteiger partial charge in [-0.05, 0) is 19.3 Å². The number of nitrogens with two attached hydrogens (primary N) is 1.